The Kier molecular flexibility index (Phi) is 17.2. The van der Waals surface area contributed by atoms with E-state index in [1.807, 2.05) is 13.0 Å². The highest BCUT2D eigenvalue weighted by molar-refractivity contribution is 9.10. The molecule has 2 heterocycles. The fourth-order valence-electron chi connectivity index (χ4n) is 4.71. The zero-order valence-corrected chi connectivity index (χ0v) is 26.6. The number of benzene rings is 1. The Bertz CT molecular complexity index is 1050. The van der Waals surface area contributed by atoms with Gasteiger partial charge in [-0.3, -0.25) is 9.69 Å². The van der Waals surface area contributed by atoms with Gasteiger partial charge in [0.1, 0.15) is 4.47 Å². The summed E-state index contributed by atoms with van der Waals surface area (Å²) < 4.78 is 34.9. The lowest BCUT2D eigenvalue weighted by molar-refractivity contribution is -0.0173. The number of piperidine rings is 1. The summed E-state index contributed by atoms with van der Waals surface area (Å²) in [5.74, 6) is 0.378. The van der Waals surface area contributed by atoms with Crippen LogP contribution < -0.4 is 10.9 Å². The Morgan fingerprint density at radius 3 is 1.95 bits per heavy atom. The maximum Gasteiger partial charge on any atom is 0.282 e. The average Bonchev–Trinajstić information content (AvgIpc) is 3.01. The van der Waals surface area contributed by atoms with Gasteiger partial charge < -0.3 is 33.7 Å². The van der Waals surface area contributed by atoms with Crippen molar-refractivity contribution in [2.75, 3.05) is 104 Å². The van der Waals surface area contributed by atoms with Crippen molar-refractivity contribution in [2.24, 2.45) is 7.05 Å². The third-order valence-electron chi connectivity index (χ3n) is 6.85. The number of hydrogen-bond acceptors (Lipinski definition) is 10. The van der Waals surface area contributed by atoms with E-state index in [2.05, 4.69) is 55.5 Å². The first kappa shape index (κ1) is 34.6. The van der Waals surface area contributed by atoms with E-state index in [0.29, 0.717) is 89.7 Å². The molecule has 3 rings (SSSR count). The van der Waals surface area contributed by atoms with Gasteiger partial charge in [-0.05, 0) is 40.8 Å². The second-order valence-electron chi connectivity index (χ2n) is 10.0. The molecule has 2 atom stereocenters. The Morgan fingerprint density at radius 2 is 1.38 bits per heavy atom. The lowest BCUT2D eigenvalue weighted by Gasteiger charge is -2.38. The standard InChI is InChI=1S/C30H47BrN4O7/c1-3-37-11-12-39-15-16-41-19-20-42-18-17-40-14-13-38-10-9-35-23-26(25-7-5-4-6-8-25)21-27(24-35)33-28-22-32-34(2)30(36)29(28)31/h4-8,22,26-27,33H,3,9-21,23-24H2,1-2H3/t26-,27+/m0/s1. The molecular formula is C30H47BrN4O7. The van der Waals surface area contributed by atoms with E-state index in [9.17, 15) is 4.79 Å². The molecule has 2 aromatic rings. The summed E-state index contributed by atoms with van der Waals surface area (Å²) in [6.45, 7) is 11.4. The zero-order valence-electron chi connectivity index (χ0n) is 25.0. The minimum absolute atomic E-state index is 0.158. The molecule has 0 radical (unpaired) electrons. The van der Waals surface area contributed by atoms with E-state index in [1.54, 1.807) is 13.2 Å². The second kappa shape index (κ2) is 20.9. The molecule has 0 unspecified atom stereocenters. The highest BCUT2D eigenvalue weighted by atomic mass is 79.9. The van der Waals surface area contributed by atoms with Crippen LogP contribution in [-0.2, 0) is 35.5 Å². The summed E-state index contributed by atoms with van der Waals surface area (Å²) in [5, 5.41) is 7.73. The lowest BCUT2D eigenvalue weighted by atomic mass is 9.88. The Labute approximate surface area is 257 Å². The number of nitrogens with one attached hydrogen (secondary N) is 1. The van der Waals surface area contributed by atoms with E-state index in [1.165, 1.54) is 10.2 Å². The summed E-state index contributed by atoms with van der Waals surface area (Å²) in [7, 11) is 1.64. The van der Waals surface area contributed by atoms with Gasteiger partial charge in [0.2, 0.25) is 0 Å². The van der Waals surface area contributed by atoms with Crippen LogP contribution in [0, 0.1) is 0 Å². The SMILES string of the molecule is CCOCCOCCOCCOCCOCCOCCN1C[C@H](Nc2cnn(C)c(=O)c2Br)C[C@H](c2ccccc2)C1. The number of likely N-dealkylation sites (tertiary alicyclic amines) is 1. The van der Waals surface area contributed by atoms with Crippen molar-refractivity contribution in [3.05, 3.63) is 56.9 Å². The summed E-state index contributed by atoms with van der Waals surface area (Å²) >= 11 is 3.44. The number of ether oxygens (including phenoxy) is 6. The monoisotopic (exact) mass is 654 g/mol. The van der Waals surface area contributed by atoms with Gasteiger partial charge in [0.25, 0.3) is 5.56 Å². The van der Waals surface area contributed by atoms with E-state index < -0.39 is 0 Å². The molecule has 12 heteroatoms. The smallest absolute Gasteiger partial charge is 0.282 e. The minimum Gasteiger partial charge on any atom is -0.379 e. The van der Waals surface area contributed by atoms with Crippen molar-refractivity contribution in [3.8, 4) is 0 Å². The summed E-state index contributed by atoms with van der Waals surface area (Å²) in [6.07, 6.45) is 2.67. The minimum atomic E-state index is -0.158. The average molecular weight is 656 g/mol. The van der Waals surface area contributed by atoms with Crippen molar-refractivity contribution in [1.29, 1.82) is 0 Å². The maximum absolute atomic E-state index is 12.3. The van der Waals surface area contributed by atoms with Gasteiger partial charge in [-0.15, -0.1) is 0 Å². The number of hydrogen-bond donors (Lipinski definition) is 1. The molecule has 1 aromatic heterocycles. The van der Waals surface area contributed by atoms with Crippen LogP contribution in [0.5, 0.6) is 0 Å². The molecule has 1 fully saturated rings. The molecule has 11 nitrogen and oxygen atoms in total. The predicted molar refractivity (Wildman–Crippen MR) is 165 cm³/mol. The third-order valence-corrected chi connectivity index (χ3v) is 7.62. The van der Waals surface area contributed by atoms with Crippen LogP contribution in [-0.4, -0.2) is 120 Å². The first-order valence-electron chi connectivity index (χ1n) is 14.8. The lowest BCUT2D eigenvalue weighted by Crippen LogP contribution is -2.46. The molecule has 1 aromatic carbocycles. The number of rotatable bonds is 22. The third kappa shape index (κ3) is 13.2. The predicted octanol–water partition coefficient (Wildman–Crippen LogP) is 2.93. The number of aromatic nitrogens is 2. The molecule has 0 spiro atoms. The fraction of sp³-hybridized carbons (Fsp3) is 0.667. The van der Waals surface area contributed by atoms with Gasteiger partial charge in [0, 0.05) is 39.3 Å². The van der Waals surface area contributed by atoms with Gasteiger partial charge in [-0.25, -0.2) is 4.68 Å². The van der Waals surface area contributed by atoms with E-state index in [-0.39, 0.29) is 11.6 Å². The van der Waals surface area contributed by atoms with Gasteiger partial charge in [0.15, 0.2) is 0 Å². The molecule has 0 saturated carbocycles. The number of halogens is 1. The molecule has 236 valence electrons. The number of nitrogens with zero attached hydrogens (tertiary/aromatic N) is 3. The van der Waals surface area contributed by atoms with Crippen LogP contribution in [0.3, 0.4) is 0 Å². The first-order chi connectivity index (χ1) is 20.6. The molecular weight excluding hydrogens is 608 g/mol. The highest BCUT2D eigenvalue weighted by Crippen LogP contribution is 2.29. The van der Waals surface area contributed by atoms with Crippen molar-refractivity contribution in [2.45, 2.75) is 25.3 Å². The molecule has 0 amide bonds. The second-order valence-corrected chi connectivity index (χ2v) is 10.8. The zero-order chi connectivity index (χ0) is 29.8. The van der Waals surface area contributed by atoms with Gasteiger partial charge in [-0.2, -0.15) is 5.10 Å². The topological polar surface area (TPSA) is 106 Å². The van der Waals surface area contributed by atoms with Gasteiger partial charge in [-0.1, -0.05) is 30.3 Å². The maximum atomic E-state index is 12.3. The van der Waals surface area contributed by atoms with Crippen molar-refractivity contribution in [1.82, 2.24) is 14.7 Å². The first-order valence-corrected chi connectivity index (χ1v) is 15.6. The van der Waals surface area contributed by atoms with Crippen LogP contribution in [0.25, 0.3) is 0 Å². The number of aryl methyl sites for hydroxylation is 1. The molecule has 1 saturated heterocycles. The van der Waals surface area contributed by atoms with Crippen LogP contribution in [0.2, 0.25) is 0 Å². The molecule has 42 heavy (non-hydrogen) atoms. The van der Waals surface area contributed by atoms with E-state index in [0.717, 1.165) is 31.7 Å². The molecule has 1 N–H and O–H groups in total. The Hall–Kier alpha value is -1.90. The highest BCUT2D eigenvalue weighted by Gasteiger charge is 2.28. The van der Waals surface area contributed by atoms with Crippen molar-refractivity contribution < 1.29 is 28.4 Å². The summed E-state index contributed by atoms with van der Waals surface area (Å²) in [6, 6.07) is 10.8. The Morgan fingerprint density at radius 1 is 0.833 bits per heavy atom. The summed E-state index contributed by atoms with van der Waals surface area (Å²) in [4.78, 5) is 14.8. The van der Waals surface area contributed by atoms with Crippen LogP contribution in [0.15, 0.2) is 45.8 Å². The fourth-order valence-corrected chi connectivity index (χ4v) is 5.19. The number of anilines is 1. The van der Waals surface area contributed by atoms with Crippen LogP contribution in [0.1, 0.15) is 24.8 Å². The molecule has 1 aliphatic rings. The van der Waals surface area contributed by atoms with Crippen LogP contribution >= 0.6 is 15.9 Å². The summed E-state index contributed by atoms with van der Waals surface area (Å²) in [5.41, 5.74) is 1.88. The van der Waals surface area contributed by atoms with Crippen molar-refractivity contribution >= 4 is 21.6 Å². The normalized spacial score (nSPS) is 17.5. The quantitative estimate of drug-likeness (QED) is 0.191. The van der Waals surface area contributed by atoms with Crippen LogP contribution in [0.4, 0.5) is 5.69 Å². The molecule has 0 bridgehead atoms. The largest absolute Gasteiger partial charge is 0.379 e. The van der Waals surface area contributed by atoms with E-state index >= 15 is 0 Å². The van der Waals surface area contributed by atoms with E-state index in [4.69, 9.17) is 28.4 Å². The molecule has 1 aliphatic heterocycles. The van der Waals surface area contributed by atoms with Crippen molar-refractivity contribution in [3.63, 3.8) is 0 Å². The van der Waals surface area contributed by atoms with Gasteiger partial charge in [0.05, 0.1) is 84.6 Å². The Balaban J connectivity index is 1.27. The molecule has 0 aliphatic carbocycles. The van der Waals surface area contributed by atoms with Gasteiger partial charge >= 0.3 is 0 Å².